The van der Waals surface area contributed by atoms with Gasteiger partial charge in [-0.25, -0.2) is 13.2 Å². The molecule has 9 heteroatoms. The summed E-state index contributed by atoms with van der Waals surface area (Å²) in [5.74, 6) is 0.132. The number of sulfonamides is 1. The van der Waals surface area contributed by atoms with Crippen LogP contribution in [-0.4, -0.2) is 59.1 Å². The van der Waals surface area contributed by atoms with Gasteiger partial charge in [0.25, 0.3) is 0 Å². The van der Waals surface area contributed by atoms with Crippen LogP contribution in [0.25, 0.3) is 0 Å². The average molecular weight is 396 g/mol. The summed E-state index contributed by atoms with van der Waals surface area (Å²) in [6, 6.07) is 9.14. The van der Waals surface area contributed by atoms with Crippen molar-refractivity contribution in [3.05, 3.63) is 40.6 Å². The molecule has 7 nitrogen and oxygen atoms in total. The van der Waals surface area contributed by atoms with Gasteiger partial charge in [-0.1, -0.05) is 6.07 Å². The SMILES string of the molecule is COC(=O)c1sccc1S(=O)(=O)N1CCN(c2cccc(OC)c2)CC1. The number of ether oxygens (including phenoxy) is 2. The van der Waals surface area contributed by atoms with Crippen LogP contribution in [0.4, 0.5) is 5.69 Å². The van der Waals surface area contributed by atoms with Crippen molar-refractivity contribution in [3.8, 4) is 5.75 Å². The van der Waals surface area contributed by atoms with Gasteiger partial charge in [0, 0.05) is 37.9 Å². The first-order valence-corrected chi connectivity index (χ1v) is 10.3. The van der Waals surface area contributed by atoms with E-state index >= 15 is 0 Å². The third-order valence-electron chi connectivity index (χ3n) is 4.27. The number of esters is 1. The molecular weight excluding hydrogens is 376 g/mol. The summed E-state index contributed by atoms with van der Waals surface area (Å²) >= 11 is 1.07. The van der Waals surface area contributed by atoms with E-state index in [4.69, 9.17) is 4.74 Å². The van der Waals surface area contributed by atoms with Crippen LogP contribution in [0.2, 0.25) is 0 Å². The Hall–Kier alpha value is -2.10. The Balaban J connectivity index is 1.75. The molecule has 0 aliphatic carbocycles. The molecule has 1 aromatic heterocycles. The molecule has 0 unspecified atom stereocenters. The van der Waals surface area contributed by atoms with Crippen molar-refractivity contribution in [2.45, 2.75) is 4.90 Å². The highest BCUT2D eigenvalue weighted by molar-refractivity contribution is 7.89. The molecule has 0 saturated carbocycles. The number of benzene rings is 1. The zero-order valence-electron chi connectivity index (χ0n) is 14.5. The van der Waals surface area contributed by atoms with Gasteiger partial charge in [0.2, 0.25) is 10.0 Å². The van der Waals surface area contributed by atoms with E-state index in [9.17, 15) is 13.2 Å². The summed E-state index contributed by atoms with van der Waals surface area (Å²) in [6.45, 7) is 1.81. The minimum Gasteiger partial charge on any atom is -0.497 e. The van der Waals surface area contributed by atoms with Crippen LogP contribution >= 0.6 is 11.3 Å². The number of piperazine rings is 1. The first-order chi connectivity index (χ1) is 12.5. The molecule has 140 valence electrons. The van der Waals surface area contributed by atoms with Gasteiger partial charge >= 0.3 is 5.97 Å². The normalized spacial score (nSPS) is 15.7. The van der Waals surface area contributed by atoms with Crippen molar-refractivity contribution in [1.82, 2.24) is 4.31 Å². The van der Waals surface area contributed by atoms with E-state index in [-0.39, 0.29) is 9.77 Å². The predicted octanol–water partition coefficient (Wildman–Crippen LogP) is 2.05. The van der Waals surface area contributed by atoms with Crippen LogP contribution in [-0.2, 0) is 14.8 Å². The highest BCUT2D eigenvalue weighted by Crippen LogP contribution is 2.28. The fraction of sp³-hybridized carbons (Fsp3) is 0.353. The molecule has 1 aromatic carbocycles. The summed E-state index contributed by atoms with van der Waals surface area (Å²) in [5, 5.41) is 1.59. The van der Waals surface area contributed by atoms with Gasteiger partial charge in [0.1, 0.15) is 15.5 Å². The van der Waals surface area contributed by atoms with Gasteiger partial charge in [-0.15, -0.1) is 11.3 Å². The van der Waals surface area contributed by atoms with Crippen molar-refractivity contribution in [2.24, 2.45) is 0 Å². The molecule has 0 spiro atoms. The van der Waals surface area contributed by atoms with E-state index in [1.54, 1.807) is 12.5 Å². The molecule has 3 rings (SSSR count). The van der Waals surface area contributed by atoms with Crippen LogP contribution in [0.5, 0.6) is 5.75 Å². The lowest BCUT2D eigenvalue weighted by Gasteiger charge is -2.35. The number of hydrogen-bond acceptors (Lipinski definition) is 7. The van der Waals surface area contributed by atoms with E-state index in [0.29, 0.717) is 26.2 Å². The lowest BCUT2D eigenvalue weighted by atomic mass is 10.2. The van der Waals surface area contributed by atoms with Gasteiger partial charge in [0.05, 0.1) is 14.2 Å². The van der Waals surface area contributed by atoms with E-state index < -0.39 is 16.0 Å². The Morgan fingerprint density at radius 1 is 1.12 bits per heavy atom. The first kappa shape index (κ1) is 18.7. The number of rotatable bonds is 5. The Bertz CT molecular complexity index is 886. The third kappa shape index (κ3) is 3.55. The van der Waals surface area contributed by atoms with Crippen LogP contribution < -0.4 is 9.64 Å². The van der Waals surface area contributed by atoms with Gasteiger partial charge in [0.15, 0.2) is 0 Å². The molecule has 0 bridgehead atoms. The van der Waals surface area contributed by atoms with Crippen LogP contribution in [0.15, 0.2) is 40.6 Å². The number of methoxy groups -OCH3 is 2. The van der Waals surface area contributed by atoms with E-state index in [2.05, 4.69) is 9.64 Å². The summed E-state index contributed by atoms with van der Waals surface area (Å²) in [6.07, 6.45) is 0. The summed E-state index contributed by atoms with van der Waals surface area (Å²) < 4.78 is 37.2. The fourth-order valence-electron chi connectivity index (χ4n) is 2.88. The fourth-order valence-corrected chi connectivity index (χ4v) is 5.61. The van der Waals surface area contributed by atoms with Gasteiger partial charge in [-0.3, -0.25) is 0 Å². The largest absolute Gasteiger partial charge is 0.497 e. The number of hydrogen-bond donors (Lipinski definition) is 0. The van der Waals surface area contributed by atoms with Gasteiger partial charge in [-0.05, 0) is 23.6 Å². The van der Waals surface area contributed by atoms with E-state index in [0.717, 1.165) is 22.8 Å². The Morgan fingerprint density at radius 2 is 1.85 bits per heavy atom. The predicted molar refractivity (Wildman–Crippen MR) is 99.6 cm³/mol. The van der Waals surface area contributed by atoms with Crippen molar-refractivity contribution in [2.75, 3.05) is 45.3 Å². The highest BCUT2D eigenvalue weighted by Gasteiger charge is 2.33. The maximum atomic E-state index is 12.9. The number of nitrogens with zero attached hydrogens (tertiary/aromatic N) is 2. The highest BCUT2D eigenvalue weighted by atomic mass is 32.2. The first-order valence-electron chi connectivity index (χ1n) is 8.02. The van der Waals surface area contributed by atoms with E-state index in [1.807, 2.05) is 24.3 Å². The summed E-state index contributed by atoms with van der Waals surface area (Å²) in [5.41, 5.74) is 0.993. The molecule has 0 N–H and O–H groups in total. The maximum absolute atomic E-state index is 12.9. The number of carbonyl (C=O) groups excluding carboxylic acids is 1. The third-order valence-corrected chi connectivity index (χ3v) is 7.24. The monoisotopic (exact) mass is 396 g/mol. The lowest BCUT2D eigenvalue weighted by molar-refractivity contribution is 0.0602. The van der Waals surface area contributed by atoms with E-state index in [1.165, 1.54) is 17.5 Å². The minimum absolute atomic E-state index is 0.0178. The molecule has 1 aliphatic rings. The molecule has 1 aliphatic heterocycles. The maximum Gasteiger partial charge on any atom is 0.349 e. The molecular formula is C17H20N2O5S2. The second-order valence-electron chi connectivity index (χ2n) is 5.70. The molecule has 26 heavy (non-hydrogen) atoms. The molecule has 0 amide bonds. The average Bonchev–Trinajstić information content (AvgIpc) is 3.18. The Labute approximate surface area is 156 Å². The number of carbonyl (C=O) groups is 1. The van der Waals surface area contributed by atoms with Gasteiger partial charge in [-0.2, -0.15) is 4.31 Å². The van der Waals surface area contributed by atoms with Crippen molar-refractivity contribution >= 4 is 33.0 Å². The molecule has 1 fully saturated rings. The topological polar surface area (TPSA) is 76.2 Å². The standard InChI is InChI=1S/C17H20N2O5S2/c1-23-14-5-3-4-13(12-14)18-7-9-19(10-8-18)26(21,22)15-6-11-25-16(15)17(20)24-2/h3-6,11-12H,7-10H2,1-2H3. The molecule has 1 saturated heterocycles. The van der Waals surface area contributed by atoms with Crippen molar-refractivity contribution < 1.29 is 22.7 Å². The zero-order valence-corrected chi connectivity index (χ0v) is 16.2. The molecule has 0 radical (unpaired) electrons. The quantitative estimate of drug-likeness (QED) is 0.720. The zero-order chi connectivity index (χ0) is 18.7. The molecule has 2 aromatic rings. The van der Waals surface area contributed by atoms with Crippen LogP contribution in [0.1, 0.15) is 9.67 Å². The molecule has 2 heterocycles. The Morgan fingerprint density at radius 3 is 2.50 bits per heavy atom. The van der Waals surface area contributed by atoms with Crippen molar-refractivity contribution in [1.29, 1.82) is 0 Å². The Kier molecular flexibility index (Phi) is 5.49. The summed E-state index contributed by atoms with van der Waals surface area (Å²) in [4.78, 5) is 14.1. The molecule has 0 atom stereocenters. The number of anilines is 1. The van der Waals surface area contributed by atoms with Crippen LogP contribution in [0.3, 0.4) is 0 Å². The number of thiophene rings is 1. The van der Waals surface area contributed by atoms with Crippen molar-refractivity contribution in [3.63, 3.8) is 0 Å². The smallest absolute Gasteiger partial charge is 0.349 e. The second-order valence-corrected chi connectivity index (χ2v) is 8.52. The minimum atomic E-state index is -3.73. The van der Waals surface area contributed by atoms with Crippen LogP contribution in [0, 0.1) is 0 Å². The lowest BCUT2D eigenvalue weighted by Crippen LogP contribution is -2.48. The second kappa shape index (κ2) is 7.65. The van der Waals surface area contributed by atoms with Gasteiger partial charge < -0.3 is 14.4 Å². The summed E-state index contributed by atoms with van der Waals surface area (Å²) in [7, 11) is -0.875.